The molecule has 0 aliphatic carbocycles. The van der Waals surface area contributed by atoms with E-state index in [1.54, 1.807) is 12.1 Å². The number of anilines is 1. The molecule has 0 aliphatic heterocycles. The maximum absolute atomic E-state index is 8.92. The third-order valence-corrected chi connectivity index (χ3v) is 2.99. The van der Waals surface area contributed by atoms with E-state index in [0.717, 1.165) is 17.2 Å². The highest BCUT2D eigenvalue weighted by Crippen LogP contribution is 2.24. The van der Waals surface area contributed by atoms with Crippen molar-refractivity contribution in [3.05, 3.63) is 52.4 Å². The molecule has 3 nitrogen and oxygen atoms in total. The van der Waals surface area contributed by atoms with Crippen LogP contribution < -0.4 is 5.32 Å². The lowest BCUT2D eigenvalue weighted by atomic mass is 10.2. The molecule has 0 radical (unpaired) electrons. The van der Waals surface area contributed by atoms with Crippen molar-refractivity contribution >= 4 is 17.3 Å². The second-order valence-corrected chi connectivity index (χ2v) is 4.53. The van der Waals surface area contributed by atoms with Gasteiger partial charge < -0.3 is 9.73 Å². The summed E-state index contributed by atoms with van der Waals surface area (Å²) in [6.45, 7) is 3.91. The summed E-state index contributed by atoms with van der Waals surface area (Å²) in [5, 5.41) is 12.6. The van der Waals surface area contributed by atoms with E-state index in [0.29, 0.717) is 10.6 Å². The van der Waals surface area contributed by atoms with Crippen LogP contribution in [0.2, 0.25) is 5.02 Å². The van der Waals surface area contributed by atoms with Crippen molar-refractivity contribution in [3.63, 3.8) is 0 Å². The first kappa shape index (κ1) is 12.5. The quantitative estimate of drug-likeness (QED) is 0.896. The van der Waals surface area contributed by atoms with Gasteiger partial charge in [0, 0.05) is 5.69 Å². The molecule has 0 saturated carbocycles. The topological polar surface area (TPSA) is 49.0 Å². The van der Waals surface area contributed by atoms with Gasteiger partial charge in [0.2, 0.25) is 0 Å². The van der Waals surface area contributed by atoms with Crippen LogP contribution in [-0.4, -0.2) is 0 Å². The molecule has 4 heteroatoms. The standard InChI is InChI=1S/C14H13ClN2O/c1-9-3-6-14(18-9)10(2)17-12-4-5-13(15)11(7-12)8-16/h3-7,10,17H,1-2H3. The number of rotatable bonds is 3. The number of benzene rings is 1. The molecule has 1 aromatic carbocycles. The van der Waals surface area contributed by atoms with E-state index in [2.05, 4.69) is 11.4 Å². The van der Waals surface area contributed by atoms with Crippen LogP contribution >= 0.6 is 11.6 Å². The molecule has 0 saturated heterocycles. The number of halogens is 1. The minimum atomic E-state index is 0.0337. The molecule has 1 aromatic heterocycles. The van der Waals surface area contributed by atoms with E-state index in [-0.39, 0.29) is 6.04 Å². The van der Waals surface area contributed by atoms with Crippen LogP contribution in [-0.2, 0) is 0 Å². The lowest BCUT2D eigenvalue weighted by Gasteiger charge is -2.13. The Hall–Kier alpha value is -1.92. The summed E-state index contributed by atoms with van der Waals surface area (Å²) in [5.74, 6) is 1.74. The van der Waals surface area contributed by atoms with Crippen molar-refractivity contribution in [1.82, 2.24) is 0 Å². The molecule has 1 unspecified atom stereocenters. The summed E-state index contributed by atoms with van der Waals surface area (Å²) >= 11 is 5.88. The Morgan fingerprint density at radius 3 is 2.72 bits per heavy atom. The fourth-order valence-electron chi connectivity index (χ4n) is 1.71. The maximum atomic E-state index is 8.92. The van der Waals surface area contributed by atoms with Crippen LogP contribution in [0.3, 0.4) is 0 Å². The van der Waals surface area contributed by atoms with Crippen LogP contribution in [0.4, 0.5) is 5.69 Å². The molecule has 1 heterocycles. The molecular weight excluding hydrogens is 248 g/mol. The van der Waals surface area contributed by atoms with E-state index < -0.39 is 0 Å². The van der Waals surface area contributed by atoms with Gasteiger partial charge in [0.05, 0.1) is 16.6 Å². The molecule has 0 aliphatic rings. The Morgan fingerprint density at radius 1 is 1.33 bits per heavy atom. The van der Waals surface area contributed by atoms with Gasteiger partial charge in [0.25, 0.3) is 0 Å². The van der Waals surface area contributed by atoms with Gasteiger partial charge in [-0.25, -0.2) is 0 Å². The monoisotopic (exact) mass is 260 g/mol. The Balaban J connectivity index is 2.17. The average Bonchev–Trinajstić information content (AvgIpc) is 2.78. The number of furan rings is 1. The Bertz CT molecular complexity index is 598. The highest BCUT2D eigenvalue weighted by molar-refractivity contribution is 6.31. The molecular formula is C14H13ClN2O. The molecule has 0 fully saturated rings. The predicted octanol–water partition coefficient (Wildman–Crippen LogP) is 4.29. The second kappa shape index (κ2) is 5.16. The number of nitriles is 1. The molecule has 1 N–H and O–H groups in total. The van der Waals surface area contributed by atoms with Gasteiger partial charge in [-0.1, -0.05) is 11.6 Å². The van der Waals surface area contributed by atoms with Gasteiger partial charge in [-0.2, -0.15) is 5.26 Å². The predicted molar refractivity (Wildman–Crippen MR) is 71.6 cm³/mol. The van der Waals surface area contributed by atoms with Crippen molar-refractivity contribution in [2.24, 2.45) is 0 Å². The van der Waals surface area contributed by atoms with Crippen molar-refractivity contribution in [2.45, 2.75) is 19.9 Å². The normalized spacial score (nSPS) is 11.9. The molecule has 92 valence electrons. The average molecular weight is 261 g/mol. The van der Waals surface area contributed by atoms with Gasteiger partial charge in [0.15, 0.2) is 0 Å². The summed E-state index contributed by atoms with van der Waals surface area (Å²) in [5.41, 5.74) is 1.31. The number of nitrogens with one attached hydrogen (secondary N) is 1. The van der Waals surface area contributed by atoms with Crippen LogP contribution in [0.1, 0.15) is 30.0 Å². The fourth-order valence-corrected chi connectivity index (χ4v) is 1.87. The molecule has 2 rings (SSSR count). The van der Waals surface area contributed by atoms with E-state index in [9.17, 15) is 0 Å². The Morgan fingerprint density at radius 2 is 2.11 bits per heavy atom. The lowest BCUT2D eigenvalue weighted by Crippen LogP contribution is -2.05. The lowest BCUT2D eigenvalue weighted by molar-refractivity contribution is 0.467. The van der Waals surface area contributed by atoms with Crippen LogP contribution in [0.5, 0.6) is 0 Å². The van der Waals surface area contributed by atoms with Crippen molar-refractivity contribution < 1.29 is 4.42 Å². The van der Waals surface area contributed by atoms with Crippen molar-refractivity contribution in [1.29, 1.82) is 5.26 Å². The first-order chi connectivity index (χ1) is 8.60. The number of aryl methyl sites for hydroxylation is 1. The highest BCUT2D eigenvalue weighted by Gasteiger charge is 2.10. The Labute approximate surface area is 111 Å². The van der Waals surface area contributed by atoms with E-state index >= 15 is 0 Å². The van der Waals surface area contributed by atoms with Crippen LogP contribution in [0.25, 0.3) is 0 Å². The summed E-state index contributed by atoms with van der Waals surface area (Å²) in [6, 6.07) is 11.2. The summed E-state index contributed by atoms with van der Waals surface area (Å²) in [4.78, 5) is 0. The summed E-state index contributed by atoms with van der Waals surface area (Å²) in [6.07, 6.45) is 0. The van der Waals surface area contributed by atoms with Gasteiger partial charge >= 0.3 is 0 Å². The zero-order valence-electron chi connectivity index (χ0n) is 10.2. The molecule has 0 bridgehead atoms. The van der Waals surface area contributed by atoms with Crippen LogP contribution in [0, 0.1) is 18.3 Å². The van der Waals surface area contributed by atoms with Crippen molar-refractivity contribution in [3.8, 4) is 6.07 Å². The highest BCUT2D eigenvalue weighted by atomic mass is 35.5. The van der Waals surface area contributed by atoms with Crippen LogP contribution in [0.15, 0.2) is 34.7 Å². The smallest absolute Gasteiger partial charge is 0.126 e. The number of hydrogen-bond donors (Lipinski definition) is 1. The van der Waals surface area contributed by atoms with Gasteiger partial charge in [-0.05, 0) is 44.2 Å². The largest absolute Gasteiger partial charge is 0.464 e. The third kappa shape index (κ3) is 2.66. The zero-order valence-corrected chi connectivity index (χ0v) is 11.0. The SMILES string of the molecule is Cc1ccc(C(C)Nc2ccc(Cl)c(C#N)c2)o1. The second-order valence-electron chi connectivity index (χ2n) is 4.12. The minimum Gasteiger partial charge on any atom is -0.464 e. The molecule has 2 aromatic rings. The van der Waals surface area contributed by atoms with Gasteiger partial charge in [-0.3, -0.25) is 0 Å². The van der Waals surface area contributed by atoms with E-state index in [1.165, 1.54) is 0 Å². The molecule has 0 spiro atoms. The maximum Gasteiger partial charge on any atom is 0.126 e. The molecule has 0 amide bonds. The van der Waals surface area contributed by atoms with E-state index in [1.807, 2.05) is 32.0 Å². The number of nitrogens with zero attached hydrogens (tertiary/aromatic N) is 1. The Kier molecular flexibility index (Phi) is 3.59. The molecule has 1 atom stereocenters. The van der Waals surface area contributed by atoms with E-state index in [4.69, 9.17) is 21.3 Å². The first-order valence-corrected chi connectivity index (χ1v) is 6.00. The zero-order chi connectivity index (χ0) is 13.1. The molecule has 18 heavy (non-hydrogen) atoms. The third-order valence-electron chi connectivity index (χ3n) is 2.66. The number of hydrogen-bond acceptors (Lipinski definition) is 3. The van der Waals surface area contributed by atoms with Crippen molar-refractivity contribution in [2.75, 3.05) is 5.32 Å². The summed E-state index contributed by atoms with van der Waals surface area (Å²) in [7, 11) is 0. The first-order valence-electron chi connectivity index (χ1n) is 5.62. The summed E-state index contributed by atoms with van der Waals surface area (Å²) < 4.78 is 5.54. The minimum absolute atomic E-state index is 0.0337. The van der Waals surface area contributed by atoms with Gasteiger partial charge in [-0.15, -0.1) is 0 Å². The van der Waals surface area contributed by atoms with Gasteiger partial charge in [0.1, 0.15) is 17.6 Å². The fraction of sp³-hybridized carbons (Fsp3) is 0.214.